The Balaban J connectivity index is 1.56. The lowest BCUT2D eigenvalue weighted by molar-refractivity contribution is -0.117. The third-order valence-corrected chi connectivity index (χ3v) is 7.91. The van der Waals surface area contributed by atoms with Gasteiger partial charge in [0.2, 0.25) is 15.9 Å². The number of amides is 1. The molecule has 0 aliphatic rings. The zero-order valence-corrected chi connectivity index (χ0v) is 20.5. The number of benzene rings is 2. The van der Waals surface area contributed by atoms with E-state index in [9.17, 15) is 13.2 Å². The molecule has 0 fully saturated rings. The predicted molar refractivity (Wildman–Crippen MR) is 133 cm³/mol. The number of nitrogens with one attached hydrogen (secondary N) is 1. The fraction of sp³-hybridized carbons (Fsp3) is 0.375. The monoisotopic (exact) mass is 482 g/mol. The highest BCUT2D eigenvalue weighted by molar-refractivity contribution is 7.89. The summed E-state index contributed by atoms with van der Waals surface area (Å²) in [5.41, 5.74) is 6.00. The Morgan fingerprint density at radius 3 is 2.53 bits per heavy atom. The molecule has 0 saturated carbocycles. The molecule has 1 N–H and O–H groups in total. The fourth-order valence-corrected chi connectivity index (χ4v) is 5.64. The molecule has 2 aromatic heterocycles. The van der Waals surface area contributed by atoms with Gasteiger partial charge in [0.1, 0.15) is 12.2 Å². The molecule has 180 valence electrons. The molecule has 0 spiro atoms. The molecule has 4 aromatic rings. The van der Waals surface area contributed by atoms with Crippen molar-refractivity contribution in [2.45, 2.75) is 51.5 Å². The summed E-state index contributed by atoms with van der Waals surface area (Å²) in [4.78, 5) is 21.9. The topological polar surface area (TPSA) is 102 Å². The van der Waals surface area contributed by atoms with Crippen molar-refractivity contribution in [2.24, 2.45) is 0 Å². The molecule has 0 radical (unpaired) electrons. The van der Waals surface area contributed by atoms with Gasteiger partial charge in [-0.05, 0) is 36.8 Å². The minimum atomic E-state index is -3.57. The number of nitrogens with zero attached hydrogens (tertiary/aromatic N) is 5. The maximum atomic E-state index is 12.9. The first-order valence-electron chi connectivity index (χ1n) is 11.6. The summed E-state index contributed by atoms with van der Waals surface area (Å²) in [5, 5.41) is 0. The first-order chi connectivity index (χ1) is 16.4. The van der Waals surface area contributed by atoms with E-state index in [1.807, 2.05) is 44.2 Å². The van der Waals surface area contributed by atoms with E-state index in [0.29, 0.717) is 25.0 Å². The Labute approximate surface area is 199 Å². The molecule has 0 unspecified atom stereocenters. The average molecular weight is 483 g/mol. The third-order valence-electron chi connectivity index (χ3n) is 5.86. The van der Waals surface area contributed by atoms with Crippen molar-refractivity contribution >= 4 is 38.0 Å². The number of carbonyl (C=O) groups is 1. The van der Waals surface area contributed by atoms with Crippen molar-refractivity contribution in [2.75, 3.05) is 18.5 Å². The van der Waals surface area contributed by atoms with Crippen LogP contribution in [0.4, 0.5) is 0 Å². The highest BCUT2D eigenvalue weighted by atomic mass is 32.2. The summed E-state index contributed by atoms with van der Waals surface area (Å²) >= 11 is 0. The number of para-hydroxylation sites is 2. The van der Waals surface area contributed by atoms with E-state index in [1.54, 1.807) is 23.1 Å². The second-order valence-corrected chi connectivity index (χ2v) is 10.00. The number of imidazole rings is 2. The Bertz CT molecular complexity index is 1420. The van der Waals surface area contributed by atoms with Crippen molar-refractivity contribution in [1.82, 2.24) is 23.5 Å². The van der Waals surface area contributed by atoms with Gasteiger partial charge in [-0.3, -0.25) is 10.2 Å². The minimum Gasteiger partial charge on any atom is -0.328 e. The molecule has 1 amide bonds. The third kappa shape index (κ3) is 4.55. The molecule has 10 heteroatoms. The molecule has 0 atom stereocenters. The highest BCUT2D eigenvalue weighted by Crippen LogP contribution is 2.24. The van der Waals surface area contributed by atoms with Gasteiger partial charge in [-0.2, -0.15) is 4.31 Å². The van der Waals surface area contributed by atoms with Gasteiger partial charge in [0.25, 0.3) is 0 Å². The predicted octanol–water partition coefficient (Wildman–Crippen LogP) is 3.53. The van der Waals surface area contributed by atoms with E-state index >= 15 is 0 Å². The molecular formula is C24H30N6O3S. The van der Waals surface area contributed by atoms with Crippen LogP contribution in [0.25, 0.3) is 22.1 Å². The smallest absolute Gasteiger partial charge is 0.243 e. The van der Waals surface area contributed by atoms with E-state index in [0.717, 1.165) is 35.3 Å². The number of aryl methyl sites for hydroxylation is 2. The lowest BCUT2D eigenvalue weighted by Gasteiger charge is -2.18. The molecule has 0 aliphatic heterocycles. The maximum absolute atomic E-state index is 12.9. The largest absolute Gasteiger partial charge is 0.328 e. The molecule has 0 saturated heterocycles. The fourth-order valence-electron chi connectivity index (χ4n) is 4.16. The molecule has 0 bridgehead atoms. The van der Waals surface area contributed by atoms with Gasteiger partial charge in [-0.15, -0.1) is 0 Å². The Morgan fingerprint density at radius 1 is 1.03 bits per heavy atom. The van der Waals surface area contributed by atoms with Crippen LogP contribution in [0, 0.1) is 0 Å². The van der Waals surface area contributed by atoms with Crippen molar-refractivity contribution in [3.63, 3.8) is 0 Å². The van der Waals surface area contributed by atoms with Crippen molar-refractivity contribution in [3.8, 4) is 0 Å². The number of fused-ring (bicyclic) bond motifs is 2. The van der Waals surface area contributed by atoms with Gasteiger partial charge in [-0.1, -0.05) is 32.9 Å². The second kappa shape index (κ2) is 9.94. The summed E-state index contributed by atoms with van der Waals surface area (Å²) in [5.74, 6) is 0.614. The first kappa shape index (κ1) is 23.9. The molecular weight excluding hydrogens is 452 g/mol. The molecule has 0 aliphatic carbocycles. The summed E-state index contributed by atoms with van der Waals surface area (Å²) in [7, 11) is -3.57. The minimum absolute atomic E-state index is 0.150. The normalized spacial score (nSPS) is 12.1. The second-order valence-electron chi connectivity index (χ2n) is 8.06. The van der Waals surface area contributed by atoms with E-state index in [1.165, 1.54) is 4.31 Å². The number of sulfonamides is 1. The Kier molecular flexibility index (Phi) is 6.99. The number of rotatable bonds is 10. The average Bonchev–Trinajstić information content (AvgIpc) is 3.39. The maximum Gasteiger partial charge on any atom is 0.243 e. The molecule has 9 nitrogen and oxygen atoms in total. The van der Waals surface area contributed by atoms with Crippen LogP contribution < -0.4 is 5.43 Å². The van der Waals surface area contributed by atoms with Crippen LogP contribution in [0.3, 0.4) is 0 Å². The zero-order chi connectivity index (χ0) is 24.3. The molecule has 34 heavy (non-hydrogen) atoms. The number of hydrogen-bond acceptors (Lipinski definition) is 5. The van der Waals surface area contributed by atoms with Crippen LogP contribution >= 0.6 is 0 Å². The van der Waals surface area contributed by atoms with E-state index in [2.05, 4.69) is 21.9 Å². The van der Waals surface area contributed by atoms with Crippen molar-refractivity contribution in [1.29, 1.82) is 0 Å². The summed E-state index contributed by atoms with van der Waals surface area (Å²) in [6.45, 7) is 7.28. The molecule has 4 rings (SSSR count). The van der Waals surface area contributed by atoms with Gasteiger partial charge in [0.15, 0.2) is 0 Å². The summed E-state index contributed by atoms with van der Waals surface area (Å²) in [6.07, 6.45) is 3.16. The molecule has 2 aromatic carbocycles. The van der Waals surface area contributed by atoms with Gasteiger partial charge in [-0.25, -0.2) is 23.1 Å². The van der Waals surface area contributed by atoms with Crippen LogP contribution in [0.1, 0.15) is 39.4 Å². The zero-order valence-electron chi connectivity index (χ0n) is 19.7. The van der Waals surface area contributed by atoms with Crippen LogP contribution in [0.5, 0.6) is 0 Å². The number of aromatic nitrogens is 4. The summed E-state index contributed by atoms with van der Waals surface area (Å²) < 4.78 is 31.0. The van der Waals surface area contributed by atoms with E-state index in [4.69, 9.17) is 4.98 Å². The van der Waals surface area contributed by atoms with Crippen LogP contribution in [-0.4, -0.2) is 50.9 Å². The van der Waals surface area contributed by atoms with Gasteiger partial charge < -0.3 is 4.57 Å². The van der Waals surface area contributed by atoms with E-state index in [-0.39, 0.29) is 17.2 Å². The van der Waals surface area contributed by atoms with Crippen molar-refractivity contribution in [3.05, 3.63) is 54.6 Å². The van der Waals surface area contributed by atoms with Gasteiger partial charge in [0.05, 0.1) is 27.0 Å². The first-order valence-corrected chi connectivity index (χ1v) is 13.0. The standard InChI is InChI=1S/C24H30N6O3S/c1-4-15-29-21-12-11-18(34(32,33)28(5-2)6-3)16-20(21)26-23(29)13-14-24(31)27-30-17-25-19-9-7-8-10-22(19)30/h7-12,16-17H,4-6,13-15H2,1-3H3,(H,27,31). The number of hydrogen-bond donors (Lipinski definition) is 1. The van der Waals surface area contributed by atoms with Crippen molar-refractivity contribution < 1.29 is 13.2 Å². The lowest BCUT2D eigenvalue weighted by Crippen LogP contribution is -2.30. The van der Waals surface area contributed by atoms with Crippen LogP contribution in [0.2, 0.25) is 0 Å². The Hall–Kier alpha value is -3.24. The van der Waals surface area contributed by atoms with Gasteiger partial charge >= 0.3 is 0 Å². The quantitative estimate of drug-likeness (QED) is 0.373. The summed E-state index contributed by atoms with van der Waals surface area (Å²) in [6, 6.07) is 12.7. The lowest BCUT2D eigenvalue weighted by atomic mass is 10.2. The van der Waals surface area contributed by atoms with Gasteiger partial charge in [0, 0.05) is 32.5 Å². The van der Waals surface area contributed by atoms with Crippen LogP contribution in [0.15, 0.2) is 53.7 Å². The molecule has 2 heterocycles. The van der Waals surface area contributed by atoms with E-state index < -0.39 is 10.0 Å². The van der Waals surface area contributed by atoms with Crippen LogP contribution in [-0.2, 0) is 27.8 Å². The Morgan fingerprint density at radius 2 is 1.79 bits per heavy atom. The SMILES string of the molecule is CCCn1c(CCC(=O)Nn2cnc3ccccc32)nc2cc(S(=O)(=O)N(CC)CC)ccc21. The highest BCUT2D eigenvalue weighted by Gasteiger charge is 2.23. The number of carbonyl (C=O) groups excluding carboxylic acids is 1.